The normalized spacial score (nSPS) is 15.8. The van der Waals surface area contributed by atoms with Gasteiger partial charge in [-0.1, -0.05) is 6.07 Å². The molecule has 5 nitrogen and oxygen atoms in total. The average Bonchev–Trinajstić information content (AvgIpc) is 2.86. The van der Waals surface area contributed by atoms with Crippen molar-refractivity contribution in [3.05, 3.63) is 22.4 Å². The van der Waals surface area contributed by atoms with Gasteiger partial charge in [-0.15, -0.1) is 11.3 Å². The van der Waals surface area contributed by atoms with Crippen LogP contribution in [0.2, 0.25) is 0 Å². The van der Waals surface area contributed by atoms with Gasteiger partial charge in [-0.2, -0.15) is 0 Å². The molecule has 1 aromatic heterocycles. The molecule has 20 heavy (non-hydrogen) atoms. The van der Waals surface area contributed by atoms with Crippen molar-refractivity contribution in [1.29, 1.82) is 0 Å². The summed E-state index contributed by atoms with van der Waals surface area (Å²) in [4.78, 5) is 28.4. The van der Waals surface area contributed by atoms with E-state index in [1.54, 1.807) is 16.2 Å². The summed E-state index contributed by atoms with van der Waals surface area (Å²) in [5.41, 5.74) is 0. The van der Waals surface area contributed by atoms with Gasteiger partial charge in [0, 0.05) is 37.5 Å². The first-order valence-electron chi connectivity index (χ1n) is 6.84. The van der Waals surface area contributed by atoms with Crippen LogP contribution in [0.5, 0.6) is 0 Å². The minimum Gasteiger partial charge on any atom is -0.453 e. The molecule has 0 saturated carbocycles. The molecule has 110 valence electrons. The van der Waals surface area contributed by atoms with Crippen LogP contribution in [-0.2, 0) is 16.0 Å². The molecule has 2 amide bonds. The van der Waals surface area contributed by atoms with Gasteiger partial charge >= 0.3 is 6.09 Å². The largest absolute Gasteiger partial charge is 0.453 e. The third-order valence-electron chi connectivity index (χ3n) is 3.45. The lowest BCUT2D eigenvalue weighted by atomic mass is 10.2. The van der Waals surface area contributed by atoms with Crippen LogP contribution in [0.25, 0.3) is 0 Å². The van der Waals surface area contributed by atoms with Gasteiger partial charge < -0.3 is 14.5 Å². The molecule has 0 bridgehead atoms. The van der Waals surface area contributed by atoms with Crippen molar-refractivity contribution in [1.82, 2.24) is 9.80 Å². The van der Waals surface area contributed by atoms with Crippen LogP contribution >= 0.6 is 11.3 Å². The lowest BCUT2D eigenvalue weighted by molar-refractivity contribution is -0.131. The predicted octanol–water partition coefficient (Wildman–Crippen LogP) is 1.98. The maximum absolute atomic E-state index is 12.2. The van der Waals surface area contributed by atoms with Crippen molar-refractivity contribution in [2.24, 2.45) is 0 Å². The van der Waals surface area contributed by atoms with Gasteiger partial charge in [-0.05, 0) is 24.3 Å². The summed E-state index contributed by atoms with van der Waals surface area (Å²) in [5, 5.41) is 2.03. The van der Waals surface area contributed by atoms with Crippen LogP contribution in [0, 0.1) is 0 Å². The van der Waals surface area contributed by atoms with Crippen LogP contribution in [0.15, 0.2) is 17.5 Å². The lowest BCUT2D eigenvalue weighted by Gasteiger charge is -2.21. The molecule has 2 rings (SSSR count). The van der Waals surface area contributed by atoms with Gasteiger partial charge in [-0.25, -0.2) is 4.79 Å². The van der Waals surface area contributed by atoms with Crippen LogP contribution in [0.4, 0.5) is 4.79 Å². The van der Waals surface area contributed by atoms with Crippen LogP contribution < -0.4 is 0 Å². The number of nitrogens with zero attached hydrogens (tertiary/aromatic N) is 2. The number of hydrogen-bond donors (Lipinski definition) is 0. The first-order valence-corrected chi connectivity index (χ1v) is 7.71. The van der Waals surface area contributed by atoms with Gasteiger partial charge in [0.15, 0.2) is 0 Å². The van der Waals surface area contributed by atoms with E-state index >= 15 is 0 Å². The number of amides is 2. The summed E-state index contributed by atoms with van der Waals surface area (Å²) in [6, 6.07) is 4.06. The Morgan fingerprint density at radius 3 is 2.70 bits per heavy atom. The van der Waals surface area contributed by atoms with Crippen molar-refractivity contribution in [3.8, 4) is 0 Å². The summed E-state index contributed by atoms with van der Waals surface area (Å²) in [6.45, 7) is 2.52. The smallest absolute Gasteiger partial charge is 0.409 e. The van der Waals surface area contributed by atoms with Crippen molar-refractivity contribution in [2.45, 2.75) is 19.3 Å². The van der Waals surface area contributed by atoms with Crippen molar-refractivity contribution in [2.75, 3.05) is 33.3 Å². The van der Waals surface area contributed by atoms with Gasteiger partial charge in [0.2, 0.25) is 5.91 Å². The number of rotatable bonds is 3. The number of carbonyl (C=O) groups excluding carboxylic acids is 2. The van der Waals surface area contributed by atoms with Gasteiger partial charge in [0.25, 0.3) is 0 Å². The molecule has 0 unspecified atom stereocenters. The maximum Gasteiger partial charge on any atom is 0.409 e. The average molecular weight is 296 g/mol. The van der Waals surface area contributed by atoms with E-state index in [1.807, 2.05) is 16.3 Å². The van der Waals surface area contributed by atoms with E-state index in [1.165, 1.54) is 12.0 Å². The molecule has 0 N–H and O–H groups in total. The van der Waals surface area contributed by atoms with Gasteiger partial charge in [0.1, 0.15) is 0 Å². The third kappa shape index (κ3) is 3.96. The number of methoxy groups -OCH3 is 1. The first-order chi connectivity index (χ1) is 9.70. The fourth-order valence-corrected chi connectivity index (χ4v) is 3.03. The van der Waals surface area contributed by atoms with Crippen molar-refractivity contribution < 1.29 is 14.3 Å². The summed E-state index contributed by atoms with van der Waals surface area (Å²) in [6.07, 6.45) is 1.84. The molecule has 0 aromatic carbocycles. The molecule has 0 spiro atoms. The molecule has 1 aliphatic rings. The molecule has 2 heterocycles. The summed E-state index contributed by atoms with van der Waals surface area (Å²) in [5.74, 6) is 0.171. The van der Waals surface area contributed by atoms with Crippen LogP contribution in [0.1, 0.15) is 17.7 Å². The zero-order valence-electron chi connectivity index (χ0n) is 11.7. The third-order valence-corrected chi connectivity index (χ3v) is 4.38. The second-order valence-corrected chi connectivity index (χ2v) is 5.80. The fourth-order valence-electron chi connectivity index (χ4n) is 2.32. The molecule has 1 aromatic rings. The highest BCUT2D eigenvalue weighted by Crippen LogP contribution is 2.13. The monoisotopic (exact) mass is 296 g/mol. The Morgan fingerprint density at radius 2 is 2.00 bits per heavy atom. The van der Waals surface area contributed by atoms with E-state index in [-0.39, 0.29) is 12.0 Å². The Balaban J connectivity index is 1.80. The number of ether oxygens (including phenoxy) is 1. The van der Waals surface area contributed by atoms with Gasteiger partial charge in [0.05, 0.1) is 7.11 Å². The number of hydrogen-bond acceptors (Lipinski definition) is 4. The highest BCUT2D eigenvalue weighted by atomic mass is 32.1. The Morgan fingerprint density at radius 1 is 1.25 bits per heavy atom. The predicted molar refractivity (Wildman–Crippen MR) is 77.8 cm³/mol. The summed E-state index contributed by atoms with van der Waals surface area (Å²) in [7, 11) is 1.39. The SMILES string of the molecule is COC(=O)N1CCCN(C(=O)CCc2cccs2)CC1. The molecule has 0 aliphatic carbocycles. The zero-order valence-corrected chi connectivity index (χ0v) is 12.5. The zero-order chi connectivity index (χ0) is 14.4. The summed E-state index contributed by atoms with van der Waals surface area (Å²) < 4.78 is 4.72. The molecule has 0 atom stereocenters. The second kappa shape index (κ2) is 7.28. The lowest BCUT2D eigenvalue weighted by Crippen LogP contribution is -2.37. The molecule has 1 saturated heterocycles. The van der Waals surface area contributed by atoms with Gasteiger partial charge in [-0.3, -0.25) is 4.79 Å². The Kier molecular flexibility index (Phi) is 5.40. The highest BCUT2D eigenvalue weighted by Gasteiger charge is 2.22. The molecule has 0 radical (unpaired) electrons. The highest BCUT2D eigenvalue weighted by molar-refractivity contribution is 7.09. The van der Waals surface area contributed by atoms with E-state index < -0.39 is 0 Å². The number of aryl methyl sites for hydroxylation is 1. The Hall–Kier alpha value is -1.56. The summed E-state index contributed by atoms with van der Waals surface area (Å²) >= 11 is 1.68. The number of thiophene rings is 1. The molecular weight excluding hydrogens is 276 g/mol. The van der Waals surface area contributed by atoms with E-state index in [0.717, 1.165) is 19.4 Å². The Labute approximate surface area is 123 Å². The number of carbonyl (C=O) groups is 2. The van der Waals surface area contributed by atoms with Crippen molar-refractivity contribution >= 4 is 23.3 Å². The van der Waals surface area contributed by atoms with Crippen molar-refractivity contribution in [3.63, 3.8) is 0 Å². The maximum atomic E-state index is 12.2. The standard InChI is InChI=1S/C14H20N2O3S/c1-19-14(18)16-8-3-7-15(9-10-16)13(17)6-5-12-4-2-11-20-12/h2,4,11H,3,5-10H2,1H3. The van der Waals surface area contributed by atoms with Crippen LogP contribution in [-0.4, -0.2) is 55.1 Å². The molecule has 6 heteroatoms. The molecule has 1 fully saturated rings. The van der Waals surface area contributed by atoms with Crippen LogP contribution in [0.3, 0.4) is 0 Å². The topological polar surface area (TPSA) is 49.9 Å². The molecule has 1 aliphatic heterocycles. The van der Waals surface area contributed by atoms with E-state index in [4.69, 9.17) is 4.74 Å². The second-order valence-electron chi connectivity index (χ2n) is 4.77. The van der Waals surface area contributed by atoms with E-state index in [2.05, 4.69) is 6.07 Å². The quantitative estimate of drug-likeness (QED) is 0.857. The fraction of sp³-hybridized carbons (Fsp3) is 0.571. The van der Waals surface area contributed by atoms with E-state index in [0.29, 0.717) is 26.1 Å². The minimum absolute atomic E-state index is 0.171. The first kappa shape index (κ1) is 14.8. The Bertz CT molecular complexity index is 447. The molecular formula is C14H20N2O3S. The van der Waals surface area contributed by atoms with E-state index in [9.17, 15) is 9.59 Å². The minimum atomic E-state index is -0.308.